The summed E-state index contributed by atoms with van der Waals surface area (Å²) >= 11 is 1.30. The van der Waals surface area contributed by atoms with Crippen molar-refractivity contribution in [1.82, 2.24) is 5.16 Å². The molecule has 0 atom stereocenters. The minimum Gasteiger partial charge on any atom is -0.355 e. The number of rotatable bonds is 2. The molecule has 2 aromatic rings. The van der Waals surface area contributed by atoms with Crippen molar-refractivity contribution in [3.63, 3.8) is 0 Å². The average molecular weight is 264 g/mol. The predicted octanol–water partition coefficient (Wildman–Crippen LogP) is 2.64. The second kappa shape index (κ2) is 3.62. The fraction of sp³-hybridized carbons (Fsp3) is 0.125. The van der Waals surface area contributed by atoms with Crippen LogP contribution in [0.4, 0.5) is 0 Å². The Morgan fingerprint density at radius 2 is 2.27 bits per heavy atom. The van der Waals surface area contributed by atoms with Crippen LogP contribution in [0.5, 0.6) is 0 Å². The molecule has 0 radical (unpaired) electrons. The third-order valence-electron chi connectivity index (χ3n) is 1.82. The van der Waals surface area contributed by atoms with Gasteiger partial charge in [-0.15, -0.1) is 11.3 Å². The molecule has 0 saturated carbocycles. The Balaban J connectivity index is 2.56. The van der Waals surface area contributed by atoms with E-state index in [1.54, 1.807) is 13.0 Å². The van der Waals surface area contributed by atoms with Gasteiger partial charge < -0.3 is 4.52 Å². The SMILES string of the molecule is Cc1sc(-c2ccno2)cc1S(=O)(=O)Cl. The lowest BCUT2D eigenvalue weighted by atomic mass is 10.3. The molecule has 0 aliphatic rings. The minimum atomic E-state index is -3.68. The van der Waals surface area contributed by atoms with E-state index in [2.05, 4.69) is 5.16 Å². The van der Waals surface area contributed by atoms with Gasteiger partial charge in [-0.05, 0) is 13.0 Å². The largest absolute Gasteiger partial charge is 0.355 e. The minimum absolute atomic E-state index is 0.126. The maximum absolute atomic E-state index is 11.2. The summed E-state index contributed by atoms with van der Waals surface area (Å²) in [6.07, 6.45) is 1.50. The molecule has 0 spiro atoms. The lowest BCUT2D eigenvalue weighted by molar-refractivity contribution is 0.433. The van der Waals surface area contributed by atoms with Crippen LogP contribution in [0.2, 0.25) is 0 Å². The summed E-state index contributed by atoms with van der Waals surface area (Å²) in [6.45, 7) is 1.69. The molecule has 0 saturated heterocycles. The summed E-state index contributed by atoms with van der Waals surface area (Å²) in [4.78, 5) is 1.46. The Hall–Kier alpha value is -0.850. The summed E-state index contributed by atoms with van der Waals surface area (Å²) in [6, 6.07) is 3.15. The van der Waals surface area contributed by atoms with Gasteiger partial charge in [-0.25, -0.2) is 8.42 Å². The molecule has 0 amide bonds. The topological polar surface area (TPSA) is 60.2 Å². The first-order valence-electron chi connectivity index (χ1n) is 3.94. The van der Waals surface area contributed by atoms with Gasteiger partial charge in [-0.1, -0.05) is 5.16 Å². The second-order valence-electron chi connectivity index (χ2n) is 2.85. The summed E-state index contributed by atoms with van der Waals surface area (Å²) in [5.41, 5.74) is 0. The van der Waals surface area contributed by atoms with Crippen LogP contribution in [-0.4, -0.2) is 13.6 Å². The fourth-order valence-electron chi connectivity index (χ4n) is 1.17. The van der Waals surface area contributed by atoms with Gasteiger partial charge in [0.05, 0.1) is 16.0 Å². The highest BCUT2D eigenvalue weighted by molar-refractivity contribution is 8.13. The Bertz CT molecular complexity index is 571. The van der Waals surface area contributed by atoms with E-state index >= 15 is 0 Å². The van der Waals surface area contributed by atoms with Crippen LogP contribution in [0.15, 0.2) is 27.7 Å². The second-order valence-corrected chi connectivity index (χ2v) is 6.64. The van der Waals surface area contributed by atoms with E-state index in [-0.39, 0.29) is 4.90 Å². The van der Waals surface area contributed by atoms with Crippen LogP contribution in [0.3, 0.4) is 0 Å². The molecular weight excluding hydrogens is 258 g/mol. The zero-order chi connectivity index (χ0) is 11.1. The van der Waals surface area contributed by atoms with Crippen molar-refractivity contribution in [1.29, 1.82) is 0 Å². The standard InChI is InChI=1S/C8H6ClNO3S2/c1-5-8(15(9,11)12)4-7(14-5)6-2-3-10-13-6/h2-4H,1H3. The van der Waals surface area contributed by atoms with Gasteiger partial charge >= 0.3 is 0 Å². The first-order valence-corrected chi connectivity index (χ1v) is 7.07. The highest BCUT2D eigenvalue weighted by Crippen LogP contribution is 2.34. The first-order chi connectivity index (χ1) is 6.98. The zero-order valence-electron chi connectivity index (χ0n) is 7.60. The molecule has 2 heterocycles. The number of nitrogens with zero attached hydrogens (tertiary/aromatic N) is 1. The molecule has 7 heteroatoms. The highest BCUT2D eigenvalue weighted by Gasteiger charge is 2.18. The molecule has 0 aliphatic heterocycles. The van der Waals surface area contributed by atoms with Crippen LogP contribution in [0, 0.1) is 6.92 Å². The summed E-state index contributed by atoms with van der Waals surface area (Å²) in [5.74, 6) is 0.537. The Labute approximate surface area is 94.9 Å². The molecule has 15 heavy (non-hydrogen) atoms. The highest BCUT2D eigenvalue weighted by atomic mass is 35.7. The van der Waals surface area contributed by atoms with Gasteiger partial charge in [-0.3, -0.25) is 0 Å². The summed E-state index contributed by atoms with van der Waals surface area (Å²) in [5, 5.41) is 3.55. The average Bonchev–Trinajstić information content (AvgIpc) is 2.68. The monoisotopic (exact) mass is 263 g/mol. The van der Waals surface area contributed by atoms with Crippen molar-refractivity contribution in [3.05, 3.63) is 23.2 Å². The van der Waals surface area contributed by atoms with Crippen LogP contribution >= 0.6 is 22.0 Å². The van der Waals surface area contributed by atoms with Crippen molar-refractivity contribution in [2.75, 3.05) is 0 Å². The van der Waals surface area contributed by atoms with Crippen molar-refractivity contribution in [2.45, 2.75) is 11.8 Å². The van der Waals surface area contributed by atoms with Gasteiger partial charge in [0.1, 0.15) is 0 Å². The maximum atomic E-state index is 11.2. The fourth-order valence-corrected chi connectivity index (χ4v) is 3.79. The van der Waals surface area contributed by atoms with E-state index in [4.69, 9.17) is 15.2 Å². The predicted molar refractivity (Wildman–Crippen MR) is 57.6 cm³/mol. The Morgan fingerprint density at radius 1 is 1.53 bits per heavy atom. The quantitative estimate of drug-likeness (QED) is 0.782. The van der Waals surface area contributed by atoms with E-state index in [0.29, 0.717) is 15.5 Å². The Kier molecular flexibility index (Phi) is 2.57. The van der Waals surface area contributed by atoms with Crippen molar-refractivity contribution >= 4 is 31.1 Å². The third-order valence-corrected chi connectivity index (χ3v) is 4.46. The van der Waals surface area contributed by atoms with Crippen molar-refractivity contribution in [3.8, 4) is 10.6 Å². The van der Waals surface area contributed by atoms with Crippen LogP contribution in [-0.2, 0) is 9.05 Å². The van der Waals surface area contributed by atoms with Crippen LogP contribution in [0.1, 0.15) is 4.88 Å². The van der Waals surface area contributed by atoms with Crippen LogP contribution in [0.25, 0.3) is 10.6 Å². The van der Waals surface area contributed by atoms with E-state index in [1.807, 2.05) is 0 Å². The van der Waals surface area contributed by atoms with E-state index in [0.717, 1.165) is 0 Å². The molecule has 0 unspecified atom stereocenters. The van der Waals surface area contributed by atoms with Crippen molar-refractivity contribution < 1.29 is 12.9 Å². The number of thiophene rings is 1. The van der Waals surface area contributed by atoms with Gasteiger partial charge in [0.15, 0.2) is 5.76 Å². The van der Waals surface area contributed by atoms with E-state index in [1.165, 1.54) is 23.6 Å². The number of hydrogen-bond donors (Lipinski definition) is 0. The molecule has 0 aromatic carbocycles. The number of hydrogen-bond acceptors (Lipinski definition) is 5. The van der Waals surface area contributed by atoms with E-state index in [9.17, 15) is 8.42 Å². The number of aryl methyl sites for hydroxylation is 1. The maximum Gasteiger partial charge on any atom is 0.262 e. The lowest BCUT2D eigenvalue weighted by Crippen LogP contribution is -1.88. The molecule has 2 aromatic heterocycles. The van der Waals surface area contributed by atoms with E-state index < -0.39 is 9.05 Å². The normalized spacial score (nSPS) is 11.9. The molecule has 0 fully saturated rings. The van der Waals surface area contributed by atoms with Gasteiger partial charge in [0.2, 0.25) is 0 Å². The Morgan fingerprint density at radius 3 is 2.73 bits per heavy atom. The van der Waals surface area contributed by atoms with Crippen LogP contribution < -0.4 is 0 Å². The summed E-state index contributed by atoms with van der Waals surface area (Å²) < 4.78 is 27.2. The van der Waals surface area contributed by atoms with Gasteiger partial charge in [0, 0.05) is 21.6 Å². The molecule has 0 aliphatic carbocycles. The van der Waals surface area contributed by atoms with Gasteiger partial charge in [0.25, 0.3) is 9.05 Å². The molecule has 0 N–H and O–H groups in total. The smallest absolute Gasteiger partial charge is 0.262 e. The molecule has 4 nitrogen and oxygen atoms in total. The first kappa shape index (κ1) is 10.7. The zero-order valence-corrected chi connectivity index (χ0v) is 9.99. The number of aromatic nitrogens is 1. The lowest BCUT2D eigenvalue weighted by Gasteiger charge is -1.89. The number of halogens is 1. The summed E-state index contributed by atoms with van der Waals surface area (Å²) in [7, 11) is 1.59. The molecular formula is C8H6ClNO3S2. The molecule has 80 valence electrons. The molecule has 2 rings (SSSR count). The molecule has 0 bridgehead atoms. The van der Waals surface area contributed by atoms with Gasteiger partial charge in [-0.2, -0.15) is 0 Å². The van der Waals surface area contributed by atoms with Crippen molar-refractivity contribution in [2.24, 2.45) is 0 Å². The third kappa shape index (κ3) is 2.06.